The smallest absolute Gasteiger partial charge is 0.349 e. The zero-order valence-electron chi connectivity index (χ0n) is 15.3. The molecule has 1 aromatic heterocycles. The lowest BCUT2D eigenvalue weighted by molar-refractivity contribution is -0.220. The second-order valence-corrected chi connectivity index (χ2v) is 6.93. The Morgan fingerprint density at radius 1 is 1.41 bits per heavy atom. The highest BCUT2D eigenvalue weighted by atomic mass is 32.1. The van der Waals surface area contributed by atoms with Gasteiger partial charge in [0, 0.05) is 22.9 Å². The van der Waals surface area contributed by atoms with Crippen LogP contribution < -0.4 is 0 Å². The fourth-order valence-electron chi connectivity index (χ4n) is 2.69. The summed E-state index contributed by atoms with van der Waals surface area (Å²) in [5.74, 6) is 0. The molecule has 8 heteroatoms. The number of aromatic nitrogens is 1. The molecule has 0 saturated heterocycles. The van der Waals surface area contributed by atoms with Crippen molar-refractivity contribution in [2.75, 3.05) is 6.61 Å². The molecule has 4 nitrogen and oxygen atoms in total. The maximum atomic E-state index is 13.5. The van der Waals surface area contributed by atoms with Gasteiger partial charge in [-0.15, -0.1) is 11.3 Å². The second-order valence-electron chi connectivity index (χ2n) is 6.04. The van der Waals surface area contributed by atoms with Gasteiger partial charge < -0.3 is 4.74 Å². The zero-order chi connectivity index (χ0) is 20.0. The Bertz CT molecular complexity index is 839. The normalized spacial score (nSPS) is 13.4. The summed E-state index contributed by atoms with van der Waals surface area (Å²) >= 11 is 1.34. The van der Waals surface area contributed by atoms with Crippen molar-refractivity contribution >= 4 is 22.7 Å². The highest BCUT2D eigenvalue weighted by molar-refractivity contribution is 7.13. The Morgan fingerprint density at radius 3 is 2.70 bits per heavy atom. The fraction of sp³-hybridized carbons (Fsp3) is 0.421. The summed E-state index contributed by atoms with van der Waals surface area (Å²) in [6.45, 7) is 5.03. The third kappa shape index (κ3) is 5.37. The molecule has 0 fully saturated rings. The molecule has 0 bridgehead atoms. The number of thiazole rings is 1. The highest BCUT2D eigenvalue weighted by Crippen LogP contribution is 2.41. The number of hydrogen-bond acceptors (Lipinski definition) is 5. The van der Waals surface area contributed by atoms with E-state index in [9.17, 15) is 13.2 Å². The number of nitriles is 1. The lowest BCUT2D eigenvalue weighted by atomic mass is 9.99. The Morgan fingerprint density at radius 2 is 2.15 bits per heavy atom. The van der Waals surface area contributed by atoms with E-state index >= 15 is 0 Å². The van der Waals surface area contributed by atoms with Gasteiger partial charge in [0.25, 0.3) is 0 Å². The van der Waals surface area contributed by atoms with Crippen LogP contribution in [0.2, 0.25) is 0 Å². The van der Waals surface area contributed by atoms with Crippen LogP contribution in [0.5, 0.6) is 0 Å². The van der Waals surface area contributed by atoms with Crippen molar-refractivity contribution in [2.45, 2.75) is 45.9 Å². The van der Waals surface area contributed by atoms with Crippen LogP contribution in [-0.4, -0.2) is 23.5 Å². The number of rotatable bonds is 7. The zero-order valence-corrected chi connectivity index (χ0v) is 16.1. The van der Waals surface area contributed by atoms with Gasteiger partial charge in [0.05, 0.1) is 11.8 Å². The van der Waals surface area contributed by atoms with E-state index in [1.807, 2.05) is 20.8 Å². The summed E-state index contributed by atoms with van der Waals surface area (Å²) in [6, 6.07) is 4.42. The second kappa shape index (κ2) is 9.11. The number of hydrogen-bond donors (Lipinski definition) is 0. The molecular formula is C19H20F3N3OS. The first kappa shape index (κ1) is 21.1. The minimum absolute atomic E-state index is 0.0865. The van der Waals surface area contributed by atoms with Crippen molar-refractivity contribution in [2.24, 2.45) is 4.99 Å². The Kier molecular flexibility index (Phi) is 7.11. The predicted octanol–water partition coefficient (Wildman–Crippen LogP) is 6.15. The predicted molar refractivity (Wildman–Crippen MR) is 100 cm³/mol. The Labute approximate surface area is 160 Å². The maximum Gasteiger partial charge on any atom is 0.418 e. The van der Waals surface area contributed by atoms with Crippen LogP contribution in [0, 0.1) is 18.3 Å². The topological polar surface area (TPSA) is 58.3 Å². The fourth-order valence-corrected chi connectivity index (χ4v) is 3.40. The van der Waals surface area contributed by atoms with Gasteiger partial charge >= 0.3 is 6.18 Å². The van der Waals surface area contributed by atoms with Gasteiger partial charge in [-0.05, 0) is 43.5 Å². The van der Waals surface area contributed by atoms with Crippen LogP contribution >= 0.6 is 11.3 Å². The first-order valence-corrected chi connectivity index (χ1v) is 9.29. The number of aliphatic imine (C=N–C) groups is 1. The van der Waals surface area contributed by atoms with Crippen LogP contribution in [0.25, 0.3) is 10.6 Å². The van der Waals surface area contributed by atoms with Crippen molar-refractivity contribution in [1.29, 1.82) is 5.26 Å². The third-order valence-electron chi connectivity index (χ3n) is 3.90. The number of benzene rings is 1. The average Bonchev–Trinajstić information content (AvgIpc) is 3.11. The summed E-state index contributed by atoms with van der Waals surface area (Å²) in [6.07, 6.45) is -3.60. The van der Waals surface area contributed by atoms with Crippen LogP contribution in [0.15, 0.2) is 28.7 Å². The standard InChI is InChI=1S/C19H20F3N3OS/c1-4-5-12(2)25-16-11-14(17(19(20,21)22)26-8-6-23)10-15(13(16)3)18-24-7-9-27-18/h7,9-11,17H,4-5,8H2,1-3H3/b25-12-. The average molecular weight is 395 g/mol. The lowest BCUT2D eigenvalue weighted by Gasteiger charge is -2.22. The molecule has 0 spiro atoms. The number of alkyl halides is 3. The minimum atomic E-state index is -4.65. The van der Waals surface area contributed by atoms with Crippen LogP contribution in [-0.2, 0) is 4.74 Å². The molecule has 27 heavy (non-hydrogen) atoms. The number of halogens is 3. The molecule has 0 aliphatic carbocycles. The summed E-state index contributed by atoms with van der Waals surface area (Å²) in [4.78, 5) is 8.75. The molecule has 1 atom stereocenters. The van der Waals surface area contributed by atoms with Crippen molar-refractivity contribution < 1.29 is 17.9 Å². The Balaban J connectivity index is 2.64. The molecule has 0 saturated carbocycles. The number of ether oxygens (including phenoxy) is 1. The largest absolute Gasteiger partial charge is 0.418 e. The molecule has 2 rings (SSSR count). The van der Waals surface area contributed by atoms with E-state index in [1.165, 1.54) is 23.5 Å². The maximum absolute atomic E-state index is 13.5. The van der Waals surface area contributed by atoms with Gasteiger partial charge in [-0.25, -0.2) is 4.98 Å². The third-order valence-corrected chi connectivity index (χ3v) is 4.71. The van der Waals surface area contributed by atoms with Crippen LogP contribution in [0.3, 0.4) is 0 Å². The molecule has 0 radical (unpaired) electrons. The van der Waals surface area contributed by atoms with E-state index in [4.69, 9.17) is 10.00 Å². The number of nitrogens with zero attached hydrogens (tertiary/aromatic N) is 3. The molecule has 0 aliphatic heterocycles. The van der Waals surface area contributed by atoms with E-state index in [0.29, 0.717) is 16.3 Å². The molecule has 0 amide bonds. The van der Waals surface area contributed by atoms with Crippen LogP contribution in [0.4, 0.5) is 18.9 Å². The summed E-state index contributed by atoms with van der Waals surface area (Å²) < 4.78 is 45.4. The van der Waals surface area contributed by atoms with E-state index in [1.54, 1.807) is 17.6 Å². The van der Waals surface area contributed by atoms with Crippen molar-refractivity contribution in [3.05, 3.63) is 34.8 Å². The molecule has 1 unspecified atom stereocenters. The van der Waals surface area contributed by atoms with Gasteiger partial charge in [0.1, 0.15) is 11.6 Å². The quantitative estimate of drug-likeness (QED) is 0.528. The van der Waals surface area contributed by atoms with Crippen molar-refractivity contribution in [3.8, 4) is 16.6 Å². The van der Waals surface area contributed by atoms with E-state index < -0.39 is 18.9 Å². The van der Waals surface area contributed by atoms with Gasteiger partial charge in [0.2, 0.25) is 0 Å². The lowest BCUT2D eigenvalue weighted by Crippen LogP contribution is -2.24. The first-order valence-electron chi connectivity index (χ1n) is 8.41. The molecule has 0 N–H and O–H groups in total. The summed E-state index contributed by atoms with van der Waals surface area (Å²) in [5, 5.41) is 11.0. The van der Waals surface area contributed by atoms with Crippen molar-refractivity contribution in [3.63, 3.8) is 0 Å². The molecule has 0 aliphatic rings. The van der Waals surface area contributed by atoms with Gasteiger partial charge in [-0.1, -0.05) is 13.3 Å². The Hall–Kier alpha value is -2.24. The van der Waals surface area contributed by atoms with E-state index in [0.717, 1.165) is 24.1 Å². The molecule has 2 aromatic rings. The molecular weight excluding hydrogens is 375 g/mol. The van der Waals surface area contributed by atoms with Crippen molar-refractivity contribution in [1.82, 2.24) is 4.98 Å². The minimum Gasteiger partial charge on any atom is -0.349 e. The van der Waals surface area contributed by atoms with Crippen LogP contribution in [0.1, 0.15) is 43.9 Å². The van der Waals surface area contributed by atoms with Gasteiger partial charge in [0.15, 0.2) is 6.10 Å². The van der Waals surface area contributed by atoms with Gasteiger partial charge in [-0.2, -0.15) is 18.4 Å². The summed E-state index contributed by atoms with van der Waals surface area (Å²) in [5.41, 5.74) is 2.55. The van der Waals surface area contributed by atoms with E-state index in [-0.39, 0.29) is 5.56 Å². The van der Waals surface area contributed by atoms with E-state index in [2.05, 4.69) is 9.98 Å². The first-order chi connectivity index (χ1) is 12.8. The van der Waals surface area contributed by atoms with Gasteiger partial charge in [-0.3, -0.25) is 4.99 Å². The highest BCUT2D eigenvalue weighted by Gasteiger charge is 2.42. The molecule has 1 heterocycles. The SMILES string of the molecule is CCC/C(C)=N\c1cc(C(OCC#N)C(F)(F)F)cc(-c2nccs2)c1C. The summed E-state index contributed by atoms with van der Waals surface area (Å²) in [7, 11) is 0. The molecule has 144 valence electrons. The molecule has 1 aromatic carbocycles. The monoisotopic (exact) mass is 395 g/mol.